The number of hydrogen-bond donors (Lipinski definition) is 0. The van der Waals surface area contributed by atoms with Gasteiger partial charge in [-0.25, -0.2) is 4.98 Å². The lowest BCUT2D eigenvalue weighted by atomic mass is 10.2. The van der Waals surface area contributed by atoms with Crippen molar-refractivity contribution >= 4 is 17.0 Å². The van der Waals surface area contributed by atoms with Gasteiger partial charge in [0.1, 0.15) is 5.76 Å². The zero-order chi connectivity index (χ0) is 17.1. The number of hydrogen-bond acceptors (Lipinski definition) is 4. The number of carbonyl (C=O) groups excluding carboxylic acids is 1. The molecule has 0 aliphatic heterocycles. The molecule has 3 rings (SSSR count). The number of para-hydroxylation sites is 2. The maximum atomic E-state index is 13.4. The van der Waals surface area contributed by atoms with Gasteiger partial charge in [-0.2, -0.15) is 8.78 Å². The SMILES string of the molecule is CC(OC(=O)CCc1ccco1)c1nc2ccccc2n1C(F)F. The lowest BCUT2D eigenvalue weighted by molar-refractivity contribution is -0.149. The summed E-state index contributed by atoms with van der Waals surface area (Å²) in [6, 6.07) is 10.1. The Morgan fingerprint density at radius 2 is 2.08 bits per heavy atom. The summed E-state index contributed by atoms with van der Waals surface area (Å²) in [6.07, 6.45) is 1.14. The summed E-state index contributed by atoms with van der Waals surface area (Å²) in [5.74, 6) is 0.198. The predicted molar refractivity (Wildman–Crippen MR) is 82.5 cm³/mol. The second-order valence-electron chi connectivity index (χ2n) is 5.32. The van der Waals surface area contributed by atoms with E-state index in [0.29, 0.717) is 23.2 Å². The first-order valence-electron chi connectivity index (χ1n) is 7.53. The Balaban J connectivity index is 1.74. The quantitative estimate of drug-likeness (QED) is 0.632. The zero-order valence-electron chi connectivity index (χ0n) is 13.0. The van der Waals surface area contributed by atoms with Gasteiger partial charge in [-0.05, 0) is 31.2 Å². The van der Waals surface area contributed by atoms with Gasteiger partial charge in [-0.3, -0.25) is 9.36 Å². The van der Waals surface area contributed by atoms with Crippen LogP contribution in [0.5, 0.6) is 0 Å². The van der Waals surface area contributed by atoms with E-state index in [2.05, 4.69) is 4.98 Å². The van der Waals surface area contributed by atoms with Crippen LogP contribution in [-0.4, -0.2) is 15.5 Å². The van der Waals surface area contributed by atoms with Crippen molar-refractivity contribution < 1.29 is 22.7 Å². The average molecular weight is 334 g/mol. The van der Waals surface area contributed by atoms with Gasteiger partial charge in [0.2, 0.25) is 0 Å². The van der Waals surface area contributed by atoms with E-state index in [1.165, 1.54) is 13.2 Å². The van der Waals surface area contributed by atoms with Crippen LogP contribution in [-0.2, 0) is 16.0 Å². The van der Waals surface area contributed by atoms with E-state index in [1.54, 1.807) is 36.4 Å². The van der Waals surface area contributed by atoms with Crippen LogP contribution in [0.25, 0.3) is 11.0 Å². The number of nitrogens with zero attached hydrogens (tertiary/aromatic N) is 2. The molecular formula is C17H16F2N2O3. The van der Waals surface area contributed by atoms with Crippen molar-refractivity contribution in [1.82, 2.24) is 9.55 Å². The number of rotatable bonds is 6. The normalized spacial score (nSPS) is 12.7. The molecule has 3 aromatic rings. The highest BCUT2D eigenvalue weighted by molar-refractivity contribution is 5.76. The van der Waals surface area contributed by atoms with Crippen LogP contribution < -0.4 is 0 Å². The van der Waals surface area contributed by atoms with Gasteiger partial charge in [0, 0.05) is 6.42 Å². The lowest BCUT2D eigenvalue weighted by Gasteiger charge is -2.15. The summed E-state index contributed by atoms with van der Waals surface area (Å²) in [7, 11) is 0. The van der Waals surface area contributed by atoms with Gasteiger partial charge in [-0.1, -0.05) is 12.1 Å². The minimum Gasteiger partial charge on any atom is -0.469 e. The summed E-state index contributed by atoms with van der Waals surface area (Å²) < 4.78 is 38.0. The van der Waals surface area contributed by atoms with Crippen molar-refractivity contribution in [2.75, 3.05) is 0 Å². The van der Waals surface area contributed by atoms with E-state index in [9.17, 15) is 13.6 Å². The molecule has 0 aliphatic rings. The predicted octanol–water partition coefficient (Wildman–Crippen LogP) is 4.26. The molecule has 0 saturated heterocycles. The van der Waals surface area contributed by atoms with Crippen molar-refractivity contribution in [3.05, 3.63) is 54.2 Å². The Morgan fingerprint density at radius 3 is 2.79 bits per heavy atom. The topological polar surface area (TPSA) is 57.3 Å². The number of furan rings is 1. The minimum atomic E-state index is -2.77. The first-order valence-corrected chi connectivity index (χ1v) is 7.53. The molecule has 0 radical (unpaired) electrons. The summed E-state index contributed by atoms with van der Waals surface area (Å²) in [5.41, 5.74) is 0.743. The molecule has 2 heterocycles. The molecule has 1 atom stereocenters. The van der Waals surface area contributed by atoms with E-state index in [-0.39, 0.29) is 12.2 Å². The molecule has 5 nitrogen and oxygen atoms in total. The molecule has 24 heavy (non-hydrogen) atoms. The molecule has 1 aromatic carbocycles. The maximum absolute atomic E-state index is 13.4. The number of alkyl halides is 2. The Kier molecular flexibility index (Phi) is 4.59. The first kappa shape index (κ1) is 16.2. The monoisotopic (exact) mass is 334 g/mol. The number of carbonyl (C=O) groups is 1. The van der Waals surface area contributed by atoms with Crippen molar-refractivity contribution in [3.8, 4) is 0 Å². The molecule has 0 bridgehead atoms. The van der Waals surface area contributed by atoms with Crippen LogP contribution in [0.15, 0.2) is 47.1 Å². The second kappa shape index (κ2) is 6.82. The molecule has 0 N–H and O–H groups in total. The number of esters is 1. The number of ether oxygens (including phenoxy) is 1. The van der Waals surface area contributed by atoms with Gasteiger partial charge in [0.25, 0.3) is 0 Å². The van der Waals surface area contributed by atoms with Crippen LogP contribution in [0, 0.1) is 0 Å². The van der Waals surface area contributed by atoms with Gasteiger partial charge < -0.3 is 9.15 Å². The third-order valence-corrected chi connectivity index (χ3v) is 3.65. The van der Waals surface area contributed by atoms with Crippen LogP contribution in [0.2, 0.25) is 0 Å². The fourth-order valence-electron chi connectivity index (χ4n) is 2.54. The van der Waals surface area contributed by atoms with E-state index in [0.717, 1.165) is 4.57 Å². The Labute approximate surface area is 136 Å². The zero-order valence-corrected chi connectivity index (χ0v) is 13.0. The van der Waals surface area contributed by atoms with Crippen molar-refractivity contribution in [1.29, 1.82) is 0 Å². The molecule has 0 spiro atoms. The molecule has 0 amide bonds. The van der Waals surface area contributed by atoms with Gasteiger partial charge in [-0.15, -0.1) is 0 Å². The molecule has 1 unspecified atom stereocenters. The summed E-state index contributed by atoms with van der Waals surface area (Å²) >= 11 is 0. The number of fused-ring (bicyclic) bond motifs is 1. The molecular weight excluding hydrogens is 318 g/mol. The largest absolute Gasteiger partial charge is 0.469 e. The van der Waals surface area contributed by atoms with E-state index >= 15 is 0 Å². The molecule has 0 saturated carbocycles. The second-order valence-corrected chi connectivity index (χ2v) is 5.32. The van der Waals surface area contributed by atoms with Crippen molar-refractivity contribution in [3.63, 3.8) is 0 Å². The van der Waals surface area contributed by atoms with E-state index < -0.39 is 18.6 Å². The highest BCUT2D eigenvalue weighted by Crippen LogP contribution is 2.28. The van der Waals surface area contributed by atoms with Crippen molar-refractivity contribution in [2.24, 2.45) is 0 Å². The lowest BCUT2D eigenvalue weighted by Crippen LogP contribution is -2.14. The van der Waals surface area contributed by atoms with E-state index in [1.807, 2.05) is 0 Å². The Morgan fingerprint density at radius 1 is 1.29 bits per heavy atom. The summed E-state index contributed by atoms with van der Waals surface area (Å²) in [4.78, 5) is 16.1. The number of aromatic nitrogens is 2. The fourth-order valence-corrected chi connectivity index (χ4v) is 2.54. The summed E-state index contributed by atoms with van der Waals surface area (Å²) in [5, 5.41) is 0. The van der Waals surface area contributed by atoms with Crippen LogP contribution in [0.1, 0.15) is 37.6 Å². The minimum absolute atomic E-state index is 0.0255. The smallest absolute Gasteiger partial charge is 0.320 e. The number of benzene rings is 1. The van der Waals surface area contributed by atoms with Gasteiger partial charge >= 0.3 is 12.5 Å². The summed E-state index contributed by atoms with van der Waals surface area (Å²) in [6.45, 7) is -1.23. The van der Waals surface area contributed by atoms with Crippen LogP contribution >= 0.6 is 0 Å². The highest BCUT2D eigenvalue weighted by atomic mass is 19.3. The van der Waals surface area contributed by atoms with Gasteiger partial charge in [0.05, 0.1) is 23.7 Å². The van der Waals surface area contributed by atoms with Crippen LogP contribution in [0.4, 0.5) is 8.78 Å². The third kappa shape index (κ3) is 3.29. The number of halogens is 2. The molecule has 7 heteroatoms. The van der Waals surface area contributed by atoms with E-state index in [4.69, 9.17) is 9.15 Å². The number of imidazole rings is 1. The molecule has 2 aromatic heterocycles. The highest BCUT2D eigenvalue weighted by Gasteiger charge is 2.24. The standard InChI is InChI=1S/C17H16F2N2O3/c1-11(24-15(22)9-8-12-5-4-10-23-12)16-20-13-6-2-3-7-14(13)21(16)17(18)19/h2-7,10-11,17H,8-9H2,1H3. The average Bonchev–Trinajstić information content (AvgIpc) is 3.20. The molecule has 0 fully saturated rings. The maximum Gasteiger partial charge on any atom is 0.320 e. The Bertz CT molecular complexity index is 828. The van der Waals surface area contributed by atoms with Gasteiger partial charge in [0.15, 0.2) is 11.9 Å². The first-order chi connectivity index (χ1) is 11.6. The Hall–Kier alpha value is -2.70. The van der Waals surface area contributed by atoms with Crippen molar-refractivity contribution in [2.45, 2.75) is 32.4 Å². The molecule has 0 aliphatic carbocycles. The molecule has 126 valence electrons. The third-order valence-electron chi connectivity index (χ3n) is 3.65. The fraction of sp³-hybridized carbons (Fsp3) is 0.294. The van der Waals surface area contributed by atoms with Crippen LogP contribution in [0.3, 0.4) is 0 Å². The number of aryl methyl sites for hydroxylation is 1.